The number of hydrogen-bond acceptors (Lipinski definition) is 5. The van der Waals surface area contributed by atoms with Crippen molar-refractivity contribution < 1.29 is 19.1 Å². The van der Waals surface area contributed by atoms with Gasteiger partial charge in [0.05, 0.1) is 24.7 Å². The minimum atomic E-state index is -0.234. The van der Waals surface area contributed by atoms with Crippen LogP contribution in [0, 0.1) is 11.8 Å². The van der Waals surface area contributed by atoms with Crippen LogP contribution in [0.25, 0.3) is 0 Å². The number of ether oxygens (including phenoxy) is 2. The molecule has 0 spiro atoms. The van der Waals surface area contributed by atoms with Crippen molar-refractivity contribution in [1.29, 1.82) is 0 Å². The quantitative estimate of drug-likeness (QED) is 0.346. The predicted octanol–water partition coefficient (Wildman–Crippen LogP) is 5.24. The number of unbranched alkanes of at least 4 members (excludes halogenated alkanes) is 2. The van der Waals surface area contributed by atoms with Crippen molar-refractivity contribution in [1.82, 2.24) is 0 Å². The molecule has 0 N–H and O–H groups in total. The monoisotopic (exact) mass is 374 g/mol. The summed E-state index contributed by atoms with van der Waals surface area (Å²) in [6, 6.07) is 0. The number of hydrogen-bond donors (Lipinski definition) is 0. The van der Waals surface area contributed by atoms with Crippen molar-refractivity contribution in [2.45, 2.75) is 79.1 Å². The van der Waals surface area contributed by atoms with Crippen LogP contribution in [0.2, 0.25) is 0 Å². The molecule has 25 heavy (non-hydrogen) atoms. The summed E-state index contributed by atoms with van der Waals surface area (Å²) in [4.78, 5) is 23.5. The Bertz CT molecular complexity index is 315. The van der Waals surface area contributed by atoms with Gasteiger partial charge in [-0.05, 0) is 24.7 Å². The first-order valence-corrected chi connectivity index (χ1v) is 11.1. The lowest BCUT2D eigenvalue weighted by Crippen LogP contribution is -2.18. The Morgan fingerprint density at radius 1 is 0.760 bits per heavy atom. The molecule has 0 fully saturated rings. The van der Waals surface area contributed by atoms with Crippen LogP contribution >= 0.6 is 11.8 Å². The average Bonchev–Trinajstić information content (AvgIpc) is 2.62. The van der Waals surface area contributed by atoms with Crippen LogP contribution in [0.3, 0.4) is 0 Å². The van der Waals surface area contributed by atoms with Crippen molar-refractivity contribution in [3.05, 3.63) is 0 Å². The van der Waals surface area contributed by atoms with E-state index in [1.165, 1.54) is 37.4 Å². The van der Waals surface area contributed by atoms with Crippen LogP contribution in [0.5, 0.6) is 0 Å². The highest BCUT2D eigenvalue weighted by Crippen LogP contribution is 2.15. The summed E-state index contributed by atoms with van der Waals surface area (Å²) < 4.78 is 10.6. The van der Waals surface area contributed by atoms with Gasteiger partial charge in [0.1, 0.15) is 0 Å². The van der Waals surface area contributed by atoms with Crippen LogP contribution in [0.4, 0.5) is 0 Å². The molecule has 0 bridgehead atoms. The summed E-state index contributed by atoms with van der Waals surface area (Å²) in [7, 11) is 0. The first kappa shape index (κ1) is 24.3. The van der Waals surface area contributed by atoms with Crippen LogP contribution in [-0.2, 0) is 19.1 Å². The first-order chi connectivity index (χ1) is 12.1. The number of carbonyl (C=O) groups excluding carboxylic acids is 2. The van der Waals surface area contributed by atoms with Crippen LogP contribution in [0.15, 0.2) is 0 Å². The summed E-state index contributed by atoms with van der Waals surface area (Å²) >= 11 is 1.27. The number of carbonyl (C=O) groups is 2. The van der Waals surface area contributed by atoms with E-state index in [4.69, 9.17) is 9.47 Å². The van der Waals surface area contributed by atoms with Gasteiger partial charge in [-0.15, -0.1) is 11.8 Å². The number of thioether (sulfide) groups is 1. The minimum Gasteiger partial charge on any atom is -0.465 e. The summed E-state index contributed by atoms with van der Waals surface area (Å²) in [5.74, 6) is 0.865. The lowest BCUT2D eigenvalue weighted by Gasteiger charge is -2.15. The van der Waals surface area contributed by atoms with Crippen molar-refractivity contribution in [2.75, 3.05) is 24.7 Å². The Hall–Kier alpha value is -0.710. The van der Waals surface area contributed by atoms with E-state index in [0.29, 0.717) is 25.0 Å². The van der Waals surface area contributed by atoms with E-state index < -0.39 is 0 Å². The summed E-state index contributed by atoms with van der Waals surface area (Å²) in [5.41, 5.74) is 0. The van der Waals surface area contributed by atoms with Gasteiger partial charge in [-0.3, -0.25) is 9.59 Å². The number of esters is 2. The van der Waals surface area contributed by atoms with E-state index in [9.17, 15) is 9.59 Å². The topological polar surface area (TPSA) is 52.6 Å². The Morgan fingerprint density at radius 3 is 1.48 bits per heavy atom. The van der Waals surface area contributed by atoms with E-state index in [-0.39, 0.29) is 23.4 Å². The van der Waals surface area contributed by atoms with E-state index in [1.54, 1.807) is 0 Å². The second-order valence-corrected chi connectivity index (χ2v) is 7.68. The molecule has 0 rings (SSSR count). The molecule has 0 aromatic heterocycles. The normalized spacial score (nSPS) is 13.3. The van der Waals surface area contributed by atoms with Gasteiger partial charge in [-0.25, -0.2) is 0 Å². The van der Waals surface area contributed by atoms with Crippen LogP contribution in [0.1, 0.15) is 79.1 Å². The zero-order valence-electron chi connectivity index (χ0n) is 16.7. The first-order valence-electron chi connectivity index (χ1n) is 9.96. The molecule has 0 aliphatic carbocycles. The molecule has 0 heterocycles. The summed E-state index contributed by atoms with van der Waals surface area (Å²) in [6.07, 6.45) is 8.96. The largest absolute Gasteiger partial charge is 0.465 e. The Balaban J connectivity index is 3.79. The highest BCUT2D eigenvalue weighted by atomic mass is 32.2. The Morgan fingerprint density at radius 2 is 1.16 bits per heavy atom. The molecule has 5 heteroatoms. The molecule has 0 aliphatic rings. The van der Waals surface area contributed by atoms with Crippen molar-refractivity contribution in [2.24, 2.45) is 11.8 Å². The van der Waals surface area contributed by atoms with Crippen molar-refractivity contribution in [3.63, 3.8) is 0 Å². The van der Waals surface area contributed by atoms with Gasteiger partial charge >= 0.3 is 11.9 Å². The molecule has 148 valence electrons. The van der Waals surface area contributed by atoms with E-state index >= 15 is 0 Å². The molecule has 0 saturated heterocycles. The Kier molecular flexibility index (Phi) is 16.3. The molecular weight excluding hydrogens is 336 g/mol. The second kappa shape index (κ2) is 16.7. The second-order valence-electron chi connectivity index (χ2n) is 6.69. The molecule has 0 saturated carbocycles. The summed E-state index contributed by atoms with van der Waals surface area (Å²) in [5, 5.41) is 0. The van der Waals surface area contributed by atoms with E-state index in [2.05, 4.69) is 27.7 Å². The lowest BCUT2D eigenvalue weighted by atomic mass is 10.0. The maximum absolute atomic E-state index is 11.8. The minimum absolute atomic E-state index is 0.215. The smallest absolute Gasteiger partial charge is 0.315 e. The maximum Gasteiger partial charge on any atom is 0.315 e. The molecule has 0 radical (unpaired) electrons. The SMILES string of the molecule is CCCC[C@@H](CC)COC(=O)CSCC(=O)OC[C@@H](CC)CCCC. The molecule has 0 aromatic rings. The molecule has 2 atom stereocenters. The predicted molar refractivity (Wildman–Crippen MR) is 106 cm³/mol. The third kappa shape index (κ3) is 14.2. The fourth-order valence-corrected chi connectivity index (χ4v) is 3.12. The highest BCUT2D eigenvalue weighted by Gasteiger charge is 2.13. The van der Waals surface area contributed by atoms with Gasteiger partial charge < -0.3 is 9.47 Å². The van der Waals surface area contributed by atoms with Crippen LogP contribution < -0.4 is 0 Å². The third-order valence-electron chi connectivity index (χ3n) is 4.49. The summed E-state index contributed by atoms with van der Waals surface area (Å²) in [6.45, 7) is 9.58. The molecule has 0 unspecified atom stereocenters. The number of rotatable bonds is 16. The average molecular weight is 375 g/mol. The zero-order chi connectivity index (χ0) is 18.9. The van der Waals surface area contributed by atoms with Gasteiger partial charge in [-0.2, -0.15) is 0 Å². The highest BCUT2D eigenvalue weighted by molar-refractivity contribution is 8.00. The standard InChI is InChI=1S/C20H38O4S/c1-5-9-11-17(7-3)13-23-19(21)15-25-16-20(22)24-14-18(8-4)12-10-6-2/h17-18H,5-16H2,1-4H3/t17-,18+. The van der Waals surface area contributed by atoms with Crippen LogP contribution in [-0.4, -0.2) is 36.7 Å². The molecule has 0 aliphatic heterocycles. The maximum atomic E-state index is 11.8. The van der Waals surface area contributed by atoms with Gasteiger partial charge in [-0.1, -0.05) is 66.2 Å². The zero-order valence-corrected chi connectivity index (χ0v) is 17.5. The Labute approximate surface area is 158 Å². The van der Waals surface area contributed by atoms with Gasteiger partial charge in [0.25, 0.3) is 0 Å². The van der Waals surface area contributed by atoms with Crippen molar-refractivity contribution in [3.8, 4) is 0 Å². The molecule has 0 aromatic carbocycles. The third-order valence-corrected chi connectivity index (χ3v) is 5.37. The lowest BCUT2D eigenvalue weighted by molar-refractivity contribution is -0.142. The van der Waals surface area contributed by atoms with Gasteiger partial charge in [0.2, 0.25) is 0 Å². The molecular formula is C20H38O4S. The van der Waals surface area contributed by atoms with Gasteiger partial charge in [0, 0.05) is 0 Å². The molecule has 0 amide bonds. The van der Waals surface area contributed by atoms with E-state index in [0.717, 1.165) is 25.7 Å². The van der Waals surface area contributed by atoms with Crippen molar-refractivity contribution >= 4 is 23.7 Å². The fourth-order valence-electron chi connectivity index (χ4n) is 2.52. The van der Waals surface area contributed by atoms with E-state index in [1.807, 2.05) is 0 Å². The molecule has 4 nitrogen and oxygen atoms in total. The van der Waals surface area contributed by atoms with Gasteiger partial charge in [0.15, 0.2) is 0 Å². The fraction of sp³-hybridized carbons (Fsp3) is 0.900.